The van der Waals surface area contributed by atoms with Crippen LogP contribution in [0.4, 0.5) is 92.2 Å². The minimum atomic E-state index is -9.24. The number of hydrogen-bond donors (Lipinski definition) is 1. The van der Waals surface area contributed by atoms with E-state index in [4.69, 9.17) is 0 Å². The number of carbonyl (C=O) groups is 1. The molecule has 0 aromatic heterocycles. The van der Waals surface area contributed by atoms with Gasteiger partial charge in [0.05, 0.1) is 15.9 Å². The number of carbonyl (C=O) groups excluding carboxylic acids is 1. The monoisotopic (exact) mass is 809 g/mol. The average molecular weight is 809 g/mol. The van der Waals surface area contributed by atoms with Crippen LogP contribution in [-0.2, 0) is 14.9 Å². The number of thioether (sulfide) groups is 1. The van der Waals surface area contributed by atoms with Crippen LogP contribution in [0.25, 0.3) is 0 Å². The first-order chi connectivity index (χ1) is 20.1. The van der Waals surface area contributed by atoms with Crippen molar-refractivity contribution in [3.63, 3.8) is 0 Å². The molecule has 48 heavy (non-hydrogen) atoms. The molecule has 29 heteroatoms. The zero-order valence-electron chi connectivity index (χ0n) is 23.4. The molecule has 0 spiro atoms. The number of hydrogen-bond acceptors (Lipinski definition) is 5. The third kappa shape index (κ3) is 8.82. The van der Waals surface area contributed by atoms with E-state index in [1.54, 1.807) is 0 Å². The van der Waals surface area contributed by atoms with Crippen LogP contribution in [-0.4, -0.2) is 101 Å². The zero-order chi connectivity index (χ0) is 38.5. The van der Waals surface area contributed by atoms with Gasteiger partial charge >= 0.3 is 89.0 Å². The van der Waals surface area contributed by atoms with Gasteiger partial charge in [-0.2, -0.15) is 104 Å². The third-order valence-corrected chi connectivity index (χ3v) is 7.69. The minimum Gasteiger partial charge on any atom is -0.748 e. The van der Waals surface area contributed by atoms with Crippen LogP contribution in [0, 0.1) is 0 Å². The second-order valence-corrected chi connectivity index (χ2v) is 12.7. The Bertz CT molecular complexity index is 1240. The Morgan fingerprint density at radius 2 is 0.896 bits per heavy atom. The summed E-state index contributed by atoms with van der Waals surface area (Å²) < 4.78 is 313. The summed E-state index contributed by atoms with van der Waals surface area (Å²) in [7, 11) is -4.92. The molecule has 0 aliphatic heterocycles. The van der Waals surface area contributed by atoms with Gasteiger partial charge in [-0.15, -0.1) is 0 Å². The predicted octanol–water partition coefficient (Wildman–Crippen LogP) is 4.22. The molecule has 1 N–H and O–H groups in total. The molecule has 0 aromatic rings. The Morgan fingerprint density at radius 1 is 0.583 bits per heavy atom. The molecule has 0 radical (unpaired) electrons. The first-order valence-corrected chi connectivity index (χ1v) is 14.1. The maximum atomic E-state index is 13.9. The number of nitrogens with one attached hydrogen (secondary N) is 1. The summed E-state index contributed by atoms with van der Waals surface area (Å²) in [5, 5.41) is 1.93. The molecule has 0 bridgehead atoms. The van der Waals surface area contributed by atoms with E-state index in [-0.39, 0.29) is 41.3 Å². The molecule has 1 amide bonds. The van der Waals surface area contributed by atoms with Gasteiger partial charge in [0.15, 0.2) is 0 Å². The summed E-state index contributed by atoms with van der Waals surface area (Å²) in [4.78, 5) is 11.7. The Balaban J connectivity index is 0. The molecule has 0 aromatic carbocycles. The van der Waals surface area contributed by atoms with Gasteiger partial charge in [0.25, 0.3) is 0 Å². The topological polar surface area (TPSA) is 86.3 Å². The third-order valence-electron chi connectivity index (χ3n) is 5.63. The van der Waals surface area contributed by atoms with E-state index in [2.05, 4.69) is 0 Å². The Morgan fingerprint density at radius 3 is 1.21 bits per heavy atom. The smallest absolute Gasteiger partial charge is 0.748 e. The van der Waals surface area contributed by atoms with Crippen molar-refractivity contribution in [3.8, 4) is 0 Å². The van der Waals surface area contributed by atoms with Crippen LogP contribution in [0.5, 0.6) is 0 Å². The summed E-state index contributed by atoms with van der Waals surface area (Å²) in [6, 6.07) is 0. The molecule has 0 heterocycles. The summed E-state index contributed by atoms with van der Waals surface area (Å²) in [5.41, 5.74) is -1.74. The maximum absolute atomic E-state index is 13.9. The fourth-order valence-corrected chi connectivity index (χ4v) is 5.02. The van der Waals surface area contributed by atoms with Crippen molar-refractivity contribution in [2.45, 2.75) is 91.7 Å². The molecule has 0 fully saturated rings. The van der Waals surface area contributed by atoms with Crippen molar-refractivity contribution in [2.75, 3.05) is 17.3 Å². The first-order valence-electron chi connectivity index (χ1n) is 11.3. The van der Waals surface area contributed by atoms with E-state index in [0.717, 1.165) is 13.8 Å². The molecule has 0 saturated heterocycles. The molecule has 282 valence electrons. The van der Waals surface area contributed by atoms with Crippen LogP contribution >= 0.6 is 11.8 Å². The van der Waals surface area contributed by atoms with Crippen LogP contribution in [0.1, 0.15) is 26.7 Å². The molecule has 5 nitrogen and oxygen atoms in total. The van der Waals surface area contributed by atoms with Gasteiger partial charge < -0.3 is 9.87 Å². The van der Waals surface area contributed by atoms with Crippen molar-refractivity contribution in [2.24, 2.45) is 0 Å². The van der Waals surface area contributed by atoms with Crippen molar-refractivity contribution < 1.29 is 140 Å². The molecule has 0 saturated carbocycles. The van der Waals surface area contributed by atoms with E-state index < -0.39 is 111 Å². The molecule has 0 aliphatic carbocycles. The quantitative estimate of drug-likeness (QED) is 0.103. The minimum absolute atomic E-state index is 0. The number of halogens is 21. The fraction of sp³-hybridized carbons (Fsp3) is 0.947. The van der Waals surface area contributed by atoms with Crippen LogP contribution in [0.15, 0.2) is 0 Å². The van der Waals surface area contributed by atoms with E-state index in [1.165, 1.54) is 0 Å². The summed E-state index contributed by atoms with van der Waals surface area (Å²) in [5.74, 6) is -82.2. The van der Waals surface area contributed by atoms with Crippen molar-refractivity contribution in [3.05, 3.63) is 0 Å². The Hall–Kier alpha value is -0.740. The van der Waals surface area contributed by atoms with Gasteiger partial charge in [0, 0.05) is 24.1 Å². The first kappa shape index (κ1) is 49.4. The second-order valence-electron chi connectivity index (χ2n) is 10.0. The predicted molar refractivity (Wildman–Crippen MR) is 114 cm³/mol. The van der Waals surface area contributed by atoms with E-state index in [9.17, 15) is 110 Å². The number of rotatable bonds is 17. The van der Waals surface area contributed by atoms with Gasteiger partial charge in [-0.25, -0.2) is 8.42 Å². The number of alkyl halides is 21. The SMILES string of the molecule is CC(C)(CS(=O)(=O)[O-])NC(=O)CCSCCC(F)(F)C(F)(F)C(F)(F)C(F)(F)C(F)(F)C(F)(F)C(F)(F)C(F)(F)C(F)(F)C(F)(F)F.[Na+]. The standard InChI is InChI=1S/C19H18F21NO4S2.Na/c1-9(2,7-47(43,44)45)41-8(42)3-5-46-6-4-10(20,21)11(22,23)12(24,25)13(26,27)14(28,29)15(30,31)16(32,33)17(34,35)18(36,37)19(38,39)40;/h3-7H2,1-2H3,(H,41,42)(H,43,44,45);/q;+1/p-1. The Labute approximate surface area is 281 Å². The van der Waals surface area contributed by atoms with Crippen LogP contribution in [0.2, 0.25) is 0 Å². The molecule has 0 aliphatic rings. The summed E-state index contributed by atoms with van der Waals surface area (Å²) in [6.45, 7) is 1.99. The van der Waals surface area contributed by atoms with Gasteiger partial charge in [-0.3, -0.25) is 4.79 Å². The van der Waals surface area contributed by atoms with Crippen LogP contribution in [0.3, 0.4) is 0 Å². The second kappa shape index (κ2) is 14.4. The van der Waals surface area contributed by atoms with E-state index in [1.807, 2.05) is 5.32 Å². The molecule has 0 atom stereocenters. The largest absolute Gasteiger partial charge is 1.00 e. The normalized spacial score (nSPS) is 15.7. The van der Waals surface area contributed by atoms with Gasteiger partial charge in [0.2, 0.25) is 5.91 Å². The molecule has 0 unspecified atom stereocenters. The number of amides is 1. The van der Waals surface area contributed by atoms with Crippen molar-refractivity contribution in [1.82, 2.24) is 5.32 Å². The van der Waals surface area contributed by atoms with Gasteiger partial charge in [-0.05, 0) is 19.6 Å². The van der Waals surface area contributed by atoms with E-state index in [0.29, 0.717) is 0 Å². The molecular formula is C19H17F21NNaO4S2. The van der Waals surface area contributed by atoms with Crippen molar-refractivity contribution in [1.29, 1.82) is 0 Å². The van der Waals surface area contributed by atoms with Gasteiger partial charge in [0.1, 0.15) is 0 Å². The fourth-order valence-electron chi connectivity index (χ4n) is 3.13. The molecular weight excluding hydrogens is 792 g/mol. The zero-order valence-corrected chi connectivity index (χ0v) is 27.1. The van der Waals surface area contributed by atoms with E-state index >= 15 is 0 Å². The summed E-state index contributed by atoms with van der Waals surface area (Å²) in [6.07, 6.45) is -11.7. The average Bonchev–Trinajstić information content (AvgIpc) is 2.79. The van der Waals surface area contributed by atoms with Crippen molar-refractivity contribution >= 4 is 27.8 Å². The van der Waals surface area contributed by atoms with Gasteiger partial charge in [-0.1, -0.05) is 0 Å². The summed E-state index contributed by atoms with van der Waals surface area (Å²) >= 11 is -0.0982. The maximum Gasteiger partial charge on any atom is 1.00 e. The van der Waals surface area contributed by atoms with Crippen LogP contribution < -0.4 is 34.9 Å². The molecule has 0 rings (SSSR count). The Kier molecular flexibility index (Phi) is 14.8.